The summed E-state index contributed by atoms with van der Waals surface area (Å²) in [5.74, 6) is 1.53. The van der Waals surface area contributed by atoms with E-state index in [-0.39, 0.29) is 9.17 Å². The maximum absolute atomic E-state index is 11.2. The second-order valence-corrected chi connectivity index (χ2v) is 7.91. The molecule has 1 aromatic rings. The summed E-state index contributed by atoms with van der Waals surface area (Å²) in [6.07, 6.45) is 0. The minimum absolute atomic E-state index is 0.159. The number of nitrogens with two attached hydrogens (primary N) is 1. The predicted molar refractivity (Wildman–Crippen MR) is 77.3 cm³/mol. The van der Waals surface area contributed by atoms with Crippen LogP contribution in [0.15, 0.2) is 18.3 Å². The van der Waals surface area contributed by atoms with Crippen molar-refractivity contribution in [1.82, 2.24) is 5.43 Å². The van der Waals surface area contributed by atoms with Crippen molar-refractivity contribution in [3.8, 4) is 0 Å². The minimum Gasteiger partial charge on any atom is -0.375 e. The molecule has 86 valence electrons. The molecule has 0 saturated carbocycles. The summed E-state index contributed by atoms with van der Waals surface area (Å²) in [4.78, 5) is 11.2. The topological polar surface area (TPSA) is 67.5 Å². The van der Waals surface area contributed by atoms with Crippen LogP contribution in [-0.4, -0.2) is 22.3 Å². The number of hydrogen-bond acceptors (Lipinski definition) is 7. The molecule has 2 rings (SSSR count). The number of hydrogen-bond donors (Lipinski definition) is 2. The van der Waals surface area contributed by atoms with E-state index in [2.05, 4.69) is 22.7 Å². The maximum atomic E-state index is 11.2. The number of nitrogens with zero attached hydrogens (tertiary/aromatic N) is 1. The van der Waals surface area contributed by atoms with Gasteiger partial charge in [-0.3, -0.25) is 10.2 Å². The summed E-state index contributed by atoms with van der Waals surface area (Å²) in [6.45, 7) is 0. The van der Waals surface area contributed by atoms with E-state index in [9.17, 15) is 4.79 Å². The number of nitrogens with one attached hydrogen (secondary N) is 1. The quantitative estimate of drug-likeness (QED) is 0.606. The van der Waals surface area contributed by atoms with Gasteiger partial charge in [-0.15, -0.1) is 23.5 Å². The van der Waals surface area contributed by atoms with E-state index in [1.165, 1.54) is 22.7 Å². The molecule has 0 saturated heterocycles. The van der Waals surface area contributed by atoms with E-state index in [1.807, 2.05) is 0 Å². The molecule has 1 aliphatic heterocycles. The molecular formula is C7H7N3OS5. The van der Waals surface area contributed by atoms with Gasteiger partial charge >= 0.3 is 0 Å². The largest absolute Gasteiger partial charge is 0.375 e. The fraction of sp³-hybridized carbons (Fsp3) is 0.286. The first-order chi connectivity index (χ1) is 7.65. The summed E-state index contributed by atoms with van der Waals surface area (Å²) >= 11 is 10.6. The predicted octanol–water partition coefficient (Wildman–Crippen LogP) is 1.56. The molecule has 0 aliphatic carbocycles. The average molecular weight is 309 g/mol. The average Bonchev–Trinajstić information content (AvgIpc) is 2.47. The Kier molecular flexibility index (Phi) is 4.25. The van der Waals surface area contributed by atoms with Gasteiger partial charge in [0.25, 0.3) is 4.06 Å². The molecule has 4 nitrogen and oxygen atoms in total. The van der Waals surface area contributed by atoms with Gasteiger partial charge in [0.15, 0.2) is 5.11 Å². The molecule has 0 unspecified atom stereocenters. The lowest BCUT2D eigenvalue weighted by molar-refractivity contribution is 1.03. The third-order valence-electron chi connectivity index (χ3n) is 1.58. The maximum Gasteiger partial charge on any atom is 0.289 e. The molecule has 3 N–H and O–H groups in total. The van der Waals surface area contributed by atoms with E-state index in [4.69, 9.17) is 5.73 Å². The fourth-order valence-corrected chi connectivity index (χ4v) is 6.25. The summed E-state index contributed by atoms with van der Waals surface area (Å²) in [5, 5.41) is 4.29. The summed E-state index contributed by atoms with van der Waals surface area (Å²) in [5.41, 5.74) is 8.88. The zero-order valence-corrected chi connectivity index (χ0v) is 12.0. The van der Waals surface area contributed by atoms with Crippen LogP contribution in [0.3, 0.4) is 0 Å². The number of thiocarbonyl (C=S) groups is 1. The molecule has 0 radical (unpaired) electrons. The van der Waals surface area contributed by atoms with Crippen LogP contribution >= 0.6 is 58.4 Å². The van der Waals surface area contributed by atoms with Crippen molar-refractivity contribution < 1.29 is 0 Å². The molecule has 16 heavy (non-hydrogen) atoms. The van der Waals surface area contributed by atoms with Crippen LogP contribution in [0.25, 0.3) is 0 Å². The SMILES string of the molecule is NC(=S)NN=C1CSc2sc(=O)sc2SC1. The second-order valence-electron chi connectivity index (χ2n) is 2.76. The van der Waals surface area contributed by atoms with E-state index < -0.39 is 0 Å². The third-order valence-corrected chi connectivity index (χ3v) is 6.90. The van der Waals surface area contributed by atoms with Gasteiger partial charge in [0, 0.05) is 11.5 Å². The molecule has 9 heteroatoms. The normalized spacial score (nSPS) is 15.1. The highest BCUT2D eigenvalue weighted by atomic mass is 32.2. The smallest absolute Gasteiger partial charge is 0.289 e. The van der Waals surface area contributed by atoms with Crippen LogP contribution in [0, 0.1) is 0 Å². The first-order valence-corrected chi connectivity index (χ1v) is 8.17. The van der Waals surface area contributed by atoms with Gasteiger partial charge < -0.3 is 5.73 Å². The Morgan fingerprint density at radius 3 is 2.38 bits per heavy atom. The fourth-order valence-electron chi connectivity index (χ4n) is 0.970. The number of fused-ring (bicyclic) bond motifs is 1. The van der Waals surface area contributed by atoms with Gasteiger partial charge in [0.2, 0.25) is 0 Å². The lowest BCUT2D eigenvalue weighted by Crippen LogP contribution is -2.26. The van der Waals surface area contributed by atoms with Gasteiger partial charge in [-0.25, -0.2) is 0 Å². The summed E-state index contributed by atoms with van der Waals surface area (Å²) < 4.78 is 2.35. The first kappa shape index (κ1) is 12.4. The zero-order valence-electron chi connectivity index (χ0n) is 7.89. The van der Waals surface area contributed by atoms with Gasteiger partial charge in [0.05, 0.1) is 14.1 Å². The van der Waals surface area contributed by atoms with E-state index >= 15 is 0 Å². The Balaban J connectivity index is 2.08. The summed E-state index contributed by atoms with van der Waals surface area (Å²) in [7, 11) is 0. The number of hydrazone groups is 1. The Morgan fingerprint density at radius 2 is 1.88 bits per heavy atom. The Hall–Kier alpha value is -0.0900. The molecule has 0 atom stereocenters. The van der Waals surface area contributed by atoms with Crippen molar-refractivity contribution in [2.75, 3.05) is 11.5 Å². The van der Waals surface area contributed by atoms with Crippen LogP contribution in [0.4, 0.5) is 0 Å². The van der Waals surface area contributed by atoms with Crippen molar-refractivity contribution in [2.24, 2.45) is 10.8 Å². The molecule has 0 aromatic carbocycles. The summed E-state index contributed by atoms with van der Waals surface area (Å²) in [6, 6.07) is 0. The Morgan fingerprint density at radius 1 is 1.31 bits per heavy atom. The highest BCUT2D eigenvalue weighted by Gasteiger charge is 2.16. The van der Waals surface area contributed by atoms with Crippen LogP contribution in [0.1, 0.15) is 0 Å². The number of rotatable bonds is 1. The van der Waals surface area contributed by atoms with Gasteiger partial charge in [-0.2, -0.15) is 5.10 Å². The Labute approximate surface area is 114 Å². The van der Waals surface area contributed by atoms with Crippen molar-refractivity contribution >= 4 is 69.2 Å². The molecule has 1 aromatic heterocycles. The van der Waals surface area contributed by atoms with Crippen molar-refractivity contribution in [3.05, 3.63) is 8.85 Å². The lowest BCUT2D eigenvalue weighted by atomic mass is 10.5. The van der Waals surface area contributed by atoms with Crippen LogP contribution in [-0.2, 0) is 0 Å². The van der Waals surface area contributed by atoms with Crippen LogP contribution in [0.2, 0.25) is 0 Å². The van der Waals surface area contributed by atoms with E-state index in [1.54, 1.807) is 23.5 Å². The van der Waals surface area contributed by atoms with Crippen LogP contribution < -0.4 is 15.2 Å². The highest BCUT2D eigenvalue weighted by Crippen LogP contribution is 2.39. The lowest BCUT2D eigenvalue weighted by Gasteiger charge is -2.01. The van der Waals surface area contributed by atoms with Gasteiger partial charge in [-0.1, -0.05) is 22.7 Å². The molecular weight excluding hydrogens is 302 g/mol. The molecule has 1 aliphatic rings. The molecule has 0 bridgehead atoms. The first-order valence-electron chi connectivity index (χ1n) is 4.15. The molecule has 0 spiro atoms. The molecule has 0 fully saturated rings. The van der Waals surface area contributed by atoms with Crippen molar-refractivity contribution in [1.29, 1.82) is 0 Å². The van der Waals surface area contributed by atoms with E-state index in [0.29, 0.717) is 0 Å². The Bertz CT molecular complexity index is 460. The standard InChI is InChI=1S/C7H7N3OS5/c8-6(12)10-9-3-1-13-4-5(14-2-3)16-7(11)15-4/h1-2H2,(H3,8,10,12). The number of thioether (sulfide) groups is 2. The third kappa shape index (κ3) is 3.20. The monoisotopic (exact) mass is 309 g/mol. The minimum atomic E-state index is 0.159. The zero-order chi connectivity index (χ0) is 11.5. The van der Waals surface area contributed by atoms with Crippen LogP contribution in [0.5, 0.6) is 0 Å². The highest BCUT2D eigenvalue weighted by molar-refractivity contribution is 8.06. The van der Waals surface area contributed by atoms with E-state index in [0.717, 1.165) is 25.6 Å². The molecule has 2 heterocycles. The van der Waals surface area contributed by atoms with Gasteiger partial charge in [-0.05, 0) is 12.2 Å². The van der Waals surface area contributed by atoms with Crippen molar-refractivity contribution in [2.45, 2.75) is 8.42 Å². The second kappa shape index (κ2) is 5.50. The molecule has 0 amide bonds. The van der Waals surface area contributed by atoms with Gasteiger partial charge in [0.1, 0.15) is 0 Å². The van der Waals surface area contributed by atoms with Crippen molar-refractivity contribution in [3.63, 3.8) is 0 Å².